The van der Waals surface area contributed by atoms with Crippen LogP contribution in [0.1, 0.15) is 81.3 Å². The minimum atomic E-state index is -0.497. The van der Waals surface area contributed by atoms with Gasteiger partial charge in [-0.05, 0) is 84.1 Å². The van der Waals surface area contributed by atoms with Crippen molar-refractivity contribution in [2.75, 3.05) is 79.5 Å². The van der Waals surface area contributed by atoms with Crippen LogP contribution < -0.4 is 5.32 Å². The van der Waals surface area contributed by atoms with Gasteiger partial charge in [0.15, 0.2) is 0 Å². The van der Waals surface area contributed by atoms with Gasteiger partial charge in [0.1, 0.15) is 17.2 Å². The van der Waals surface area contributed by atoms with Gasteiger partial charge in [-0.3, -0.25) is 9.80 Å². The van der Waals surface area contributed by atoms with Crippen molar-refractivity contribution in [2.24, 2.45) is 0 Å². The molecule has 1 N–H and O–H groups in total. The molecule has 0 radical (unpaired) electrons. The van der Waals surface area contributed by atoms with Gasteiger partial charge in [-0.1, -0.05) is 24.3 Å². The third-order valence-corrected chi connectivity index (χ3v) is 12.0. The second-order valence-corrected chi connectivity index (χ2v) is 17.3. The quantitative estimate of drug-likeness (QED) is 0.275. The highest BCUT2D eigenvalue weighted by atomic mass is 19.1. The van der Waals surface area contributed by atoms with E-state index in [-0.39, 0.29) is 41.9 Å². The summed E-state index contributed by atoms with van der Waals surface area (Å²) in [6.45, 7) is 19.1. The van der Waals surface area contributed by atoms with E-state index in [4.69, 9.17) is 4.74 Å². The first-order valence-electron chi connectivity index (χ1n) is 20.4. The summed E-state index contributed by atoms with van der Waals surface area (Å²) in [4.78, 5) is 33.3. The Bertz CT molecular complexity index is 1930. The summed E-state index contributed by atoms with van der Waals surface area (Å²) < 4.78 is 36.7. The summed E-state index contributed by atoms with van der Waals surface area (Å²) >= 11 is 0. The minimum Gasteiger partial charge on any atom is -0.444 e. The van der Waals surface area contributed by atoms with E-state index in [2.05, 4.69) is 72.0 Å². The lowest BCUT2D eigenvalue weighted by molar-refractivity contribution is -0.0349. The van der Waals surface area contributed by atoms with Crippen molar-refractivity contribution in [3.05, 3.63) is 108 Å². The highest BCUT2D eigenvalue weighted by Crippen LogP contribution is 2.34. The summed E-state index contributed by atoms with van der Waals surface area (Å²) in [5, 5.41) is 3.51. The smallest absolute Gasteiger partial charge is 0.410 e. The van der Waals surface area contributed by atoms with E-state index < -0.39 is 5.60 Å². The SMILES string of the molecule is C[C@H](c1ccc(F)cc1)n1cncc1C1CN(C)CC2CN(C(=O)OC(C)(C)C)CCN21.C[C@H](c1ccc(F)cc1)n1cncc1C1CN(C)CC2CNCCN21. The fraction of sp³-hybridized carbons (Fsp3) is 0.558. The number of carbonyl (C=O) groups excluding carboxylic acids is 1. The van der Waals surface area contributed by atoms with Crippen molar-refractivity contribution in [3.8, 4) is 0 Å². The number of nitrogens with zero attached hydrogens (tertiary/aromatic N) is 9. The van der Waals surface area contributed by atoms with Gasteiger partial charge in [0.2, 0.25) is 0 Å². The van der Waals surface area contributed by atoms with Crippen molar-refractivity contribution in [1.82, 2.24) is 48.9 Å². The largest absolute Gasteiger partial charge is 0.444 e. The zero-order valence-corrected chi connectivity index (χ0v) is 34.6. The Morgan fingerprint density at radius 1 is 0.719 bits per heavy atom. The molecule has 4 saturated heterocycles. The third kappa shape index (κ3) is 9.41. The van der Waals surface area contributed by atoms with E-state index >= 15 is 0 Å². The first-order chi connectivity index (χ1) is 27.3. The van der Waals surface area contributed by atoms with Crippen LogP contribution in [0.4, 0.5) is 13.6 Å². The lowest BCUT2D eigenvalue weighted by atomic mass is 10.00. The number of piperazine rings is 4. The van der Waals surface area contributed by atoms with Crippen LogP contribution >= 0.6 is 0 Å². The second kappa shape index (κ2) is 17.3. The molecule has 6 atom stereocenters. The van der Waals surface area contributed by atoms with Gasteiger partial charge in [-0.25, -0.2) is 23.5 Å². The van der Waals surface area contributed by atoms with Crippen molar-refractivity contribution in [3.63, 3.8) is 0 Å². The highest BCUT2D eigenvalue weighted by molar-refractivity contribution is 5.68. The number of halogens is 2. The van der Waals surface area contributed by atoms with E-state index in [1.807, 2.05) is 75.0 Å². The molecule has 2 aromatic heterocycles. The number of hydrogen-bond acceptors (Lipinski definition) is 9. The number of benzene rings is 2. The fourth-order valence-electron chi connectivity index (χ4n) is 9.08. The van der Waals surface area contributed by atoms with E-state index in [0.29, 0.717) is 25.2 Å². The number of rotatable bonds is 6. The first-order valence-corrected chi connectivity index (χ1v) is 20.4. The predicted molar refractivity (Wildman–Crippen MR) is 217 cm³/mol. The Hall–Kier alpha value is -4.21. The maximum atomic E-state index is 13.4. The van der Waals surface area contributed by atoms with Gasteiger partial charge in [-0.15, -0.1) is 0 Å². The topological polar surface area (TPSA) is 90.2 Å². The number of amides is 1. The van der Waals surface area contributed by atoms with Crippen molar-refractivity contribution in [1.29, 1.82) is 0 Å². The summed E-state index contributed by atoms with van der Waals surface area (Å²) in [6, 6.07) is 14.9. The van der Waals surface area contributed by atoms with Gasteiger partial charge < -0.3 is 33.9 Å². The number of nitrogens with one attached hydrogen (secondary N) is 1. The van der Waals surface area contributed by atoms with Gasteiger partial charge >= 0.3 is 6.09 Å². The van der Waals surface area contributed by atoms with E-state index in [1.165, 1.54) is 30.0 Å². The highest BCUT2D eigenvalue weighted by Gasteiger charge is 2.41. The molecule has 4 aliphatic rings. The van der Waals surface area contributed by atoms with Crippen LogP contribution in [0.15, 0.2) is 73.6 Å². The molecule has 308 valence electrons. The molecule has 12 nitrogen and oxygen atoms in total. The molecule has 14 heteroatoms. The van der Waals surface area contributed by atoms with Gasteiger partial charge in [0, 0.05) is 89.9 Å². The minimum absolute atomic E-state index is 0.0434. The van der Waals surface area contributed by atoms with E-state index in [9.17, 15) is 13.6 Å². The van der Waals surface area contributed by atoms with E-state index in [1.54, 1.807) is 0 Å². The van der Waals surface area contributed by atoms with Crippen molar-refractivity contribution < 1.29 is 18.3 Å². The fourth-order valence-corrected chi connectivity index (χ4v) is 9.08. The van der Waals surface area contributed by atoms with Gasteiger partial charge in [0.05, 0.1) is 48.2 Å². The Balaban J connectivity index is 0.000000179. The molecule has 0 bridgehead atoms. The van der Waals surface area contributed by atoms with Crippen LogP contribution in [0.25, 0.3) is 0 Å². The molecule has 4 fully saturated rings. The Kier molecular flexibility index (Phi) is 12.5. The number of ether oxygens (including phenoxy) is 1. The Labute approximate surface area is 336 Å². The molecule has 4 aromatic rings. The lowest BCUT2D eigenvalue weighted by Crippen LogP contribution is -2.63. The zero-order chi connectivity index (χ0) is 40.4. The molecule has 57 heavy (non-hydrogen) atoms. The standard InChI is InChI=1S/C24H34FN5O2.C19H26FN5/c1-17(18-6-8-19(25)9-7-18)30-16-26-12-21(30)22-15-27(5)13-20-14-28(10-11-29(20)22)23(31)32-24(2,3)4;1-14(15-3-5-16(20)6-4-15)25-13-22-10-18(25)19-12-23(2)11-17-9-21-7-8-24(17)19/h6-9,12,16-17,20,22H,10-11,13-15H2,1-5H3;3-6,10,13-14,17,19,21H,7-9,11-12H2,1-2H3/t17-,20?,22?;14-,17?,19?/m11/s1. The first kappa shape index (κ1) is 41.0. The normalized spacial score (nSPS) is 24.8. The summed E-state index contributed by atoms with van der Waals surface area (Å²) in [7, 11) is 4.32. The van der Waals surface area contributed by atoms with Crippen LogP contribution in [0.3, 0.4) is 0 Å². The van der Waals surface area contributed by atoms with Gasteiger partial charge in [-0.2, -0.15) is 0 Å². The summed E-state index contributed by atoms with van der Waals surface area (Å²) in [5.74, 6) is -0.425. The molecule has 0 aliphatic carbocycles. The lowest BCUT2D eigenvalue weighted by Gasteiger charge is -2.50. The maximum Gasteiger partial charge on any atom is 0.410 e. The van der Waals surface area contributed by atoms with Crippen LogP contribution in [0, 0.1) is 11.6 Å². The molecular weight excluding hydrogens is 727 g/mol. The molecule has 2 aromatic carbocycles. The van der Waals surface area contributed by atoms with Crippen LogP contribution in [-0.4, -0.2) is 147 Å². The number of hydrogen-bond donors (Lipinski definition) is 1. The summed E-state index contributed by atoms with van der Waals surface area (Å²) in [5.41, 5.74) is 4.03. The molecular formula is C43H60F2N10O2. The maximum absolute atomic E-state index is 13.4. The van der Waals surface area contributed by atoms with Crippen molar-refractivity contribution in [2.45, 2.75) is 76.5 Å². The van der Waals surface area contributed by atoms with Crippen LogP contribution in [0.2, 0.25) is 0 Å². The zero-order valence-electron chi connectivity index (χ0n) is 34.6. The number of carbonyl (C=O) groups is 1. The number of likely N-dealkylation sites (N-methyl/N-ethyl adjacent to an activating group) is 2. The average molecular weight is 787 g/mol. The van der Waals surface area contributed by atoms with Crippen LogP contribution in [-0.2, 0) is 4.74 Å². The Morgan fingerprint density at radius 2 is 1.21 bits per heavy atom. The molecule has 4 unspecified atom stereocenters. The van der Waals surface area contributed by atoms with Crippen LogP contribution in [0.5, 0.6) is 0 Å². The molecule has 1 amide bonds. The Morgan fingerprint density at radius 3 is 1.72 bits per heavy atom. The predicted octanol–water partition coefficient (Wildman–Crippen LogP) is 5.43. The summed E-state index contributed by atoms with van der Waals surface area (Å²) in [6.07, 6.45) is 7.49. The average Bonchev–Trinajstić information content (AvgIpc) is 3.88. The monoisotopic (exact) mass is 786 g/mol. The number of aromatic nitrogens is 4. The van der Waals surface area contributed by atoms with E-state index in [0.717, 1.165) is 69.2 Å². The molecule has 6 heterocycles. The molecule has 4 aliphatic heterocycles. The number of imidazole rings is 2. The molecule has 8 rings (SSSR count). The second-order valence-electron chi connectivity index (χ2n) is 17.3. The molecule has 0 saturated carbocycles. The molecule has 0 spiro atoms. The third-order valence-electron chi connectivity index (χ3n) is 12.0. The van der Waals surface area contributed by atoms with Gasteiger partial charge in [0.25, 0.3) is 0 Å². The van der Waals surface area contributed by atoms with Crippen molar-refractivity contribution >= 4 is 6.09 Å². The number of fused-ring (bicyclic) bond motifs is 2.